The van der Waals surface area contributed by atoms with Crippen molar-refractivity contribution in [2.75, 3.05) is 5.32 Å². The lowest BCUT2D eigenvalue weighted by molar-refractivity contribution is 0.466. The quantitative estimate of drug-likeness (QED) is 0.832. The van der Waals surface area contributed by atoms with Crippen LogP contribution in [-0.4, -0.2) is 5.11 Å². The van der Waals surface area contributed by atoms with Crippen LogP contribution in [0, 0.1) is 9.39 Å². The molecule has 4 heteroatoms. The first kappa shape index (κ1) is 12.2. The number of aromatic hydroxyl groups is 1. The molecule has 2 nitrogen and oxygen atoms in total. The number of phenols is 1. The van der Waals surface area contributed by atoms with Crippen molar-refractivity contribution in [1.82, 2.24) is 0 Å². The Balaban J connectivity index is 2.07. The number of benzene rings is 2. The van der Waals surface area contributed by atoms with Gasteiger partial charge in [-0.3, -0.25) is 0 Å². The monoisotopic (exact) mass is 343 g/mol. The molecular formula is C13H11FINO. The summed E-state index contributed by atoms with van der Waals surface area (Å²) < 4.78 is 14.1. The normalized spacial score (nSPS) is 10.2. The number of anilines is 1. The highest BCUT2D eigenvalue weighted by molar-refractivity contribution is 14.1. The second-order valence-electron chi connectivity index (χ2n) is 3.63. The van der Waals surface area contributed by atoms with E-state index in [1.807, 2.05) is 24.3 Å². The summed E-state index contributed by atoms with van der Waals surface area (Å²) in [6, 6.07) is 11.8. The highest BCUT2D eigenvalue weighted by Crippen LogP contribution is 2.19. The Hall–Kier alpha value is -1.30. The van der Waals surface area contributed by atoms with Crippen LogP contribution in [0.5, 0.6) is 5.75 Å². The van der Waals surface area contributed by atoms with Gasteiger partial charge in [0.15, 0.2) is 0 Å². The lowest BCUT2D eigenvalue weighted by Crippen LogP contribution is -2.00. The molecule has 0 atom stereocenters. The van der Waals surface area contributed by atoms with Crippen molar-refractivity contribution in [3.05, 3.63) is 57.4 Å². The first-order valence-electron chi connectivity index (χ1n) is 5.12. The molecule has 0 radical (unpaired) electrons. The third kappa shape index (κ3) is 3.33. The molecule has 17 heavy (non-hydrogen) atoms. The largest absolute Gasteiger partial charge is 0.508 e. The number of nitrogens with one attached hydrogen (secondary N) is 1. The Labute approximate surface area is 113 Å². The van der Waals surface area contributed by atoms with Crippen molar-refractivity contribution in [3.8, 4) is 5.75 Å². The van der Waals surface area contributed by atoms with Crippen LogP contribution in [0.1, 0.15) is 5.56 Å². The van der Waals surface area contributed by atoms with Crippen LogP contribution in [0.2, 0.25) is 0 Å². The summed E-state index contributed by atoms with van der Waals surface area (Å²) in [4.78, 5) is 0. The van der Waals surface area contributed by atoms with Gasteiger partial charge in [-0.2, -0.15) is 0 Å². The van der Waals surface area contributed by atoms with Crippen LogP contribution < -0.4 is 5.32 Å². The van der Waals surface area contributed by atoms with Gasteiger partial charge in [0, 0.05) is 21.4 Å². The fourth-order valence-electron chi connectivity index (χ4n) is 1.46. The van der Waals surface area contributed by atoms with Crippen molar-refractivity contribution in [2.45, 2.75) is 6.54 Å². The molecule has 88 valence electrons. The van der Waals surface area contributed by atoms with E-state index in [2.05, 4.69) is 27.9 Å². The van der Waals surface area contributed by atoms with E-state index in [0.29, 0.717) is 12.1 Å². The molecule has 0 amide bonds. The number of phenolic OH excluding ortho intramolecular Hbond substituents is 1. The van der Waals surface area contributed by atoms with Crippen LogP contribution in [-0.2, 0) is 6.54 Å². The third-order valence-electron chi connectivity index (χ3n) is 2.37. The Morgan fingerprint density at radius 3 is 2.53 bits per heavy atom. The molecule has 2 aromatic carbocycles. The van der Waals surface area contributed by atoms with Gasteiger partial charge >= 0.3 is 0 Å². The van der Waals surface area contributed by atoms with Crippen LogP contribution in [0.4, 0.5) is 10.1 Å². The van der Waals surface area contributed by atoms with Gasteiger partial charge in [0.25, 0.3) is 0 Å². The minimum absolute atomic E-state index is 0.101. The summed E-state index contributed by atoms with van der Waals surface area (Å²) in [7, 11) is 0. The van der Waals surface area contributed by atoms with Gasteiger partial charge in [0.05, 0.1) is 0 Å². The number of rotatable bonds is 3. The summed E-state index contributed by atoms with van der Waals surface area (Å²) >= 11 is 2.23. The van der Waals surface area contributed by atoms with Gasteiger partial charge in [0.1, 0.15) is 11.6 Å². The van der Waals surface area contributed by atoms with Crippen molar-refractivity contribution < 1.29 is 9.50 Å². The maximum absolute atomic E-state index is 13.0. The Kier molecular flexibility index (Phi) is 3.83. The number of hydrogen-bond donors (Lipinski definition) is 2. The summed E-state index contributed by atoms with van der Waals surface area (Å²) in [6.07, 6.45) is 0. The van der Waals surface area contributed by atoms with E-state index in [-0.39, 0.29) is 11.6 Å². The average molecular weight is 343 g/mol. The standard InChI is InChI=1S/C13H11FINO/c14-10-1-6-13(17)9(7-10)8-16-12-4-2-11(15)3-5-12/h1-7,16-17H,8H2. The molecule has 0 bridgehead atoms. The summed E-state index contributed by atoms with van der Waals surface area (Å²) in [6.45, 7) is 0.393. The molecular weight excluding hydrogens is 332 g/mol. The Morgan fingerprint density at radius 2 is 1.82 bits per heavy atom. The van der Waals surface area contributed by atoms with Crippen molar-refractivity contribution in [1.29, 1.82) is 0 Å². The van der Waals surface area contributed by atoms with Crippen molar-refractivity contribution >= 4 is 28.3 Å². The molecule has 0 saturated carbocycles. The van der Waals surface area contributed by atoms with Gasteiger partial charge in [-0.05, 0) is 65.1 Å². The average Bonchev–Trinajstić information content (AvgIpc) is 2.32. The van der Waals surface area contributed by atoms with Gasteiger partial charge in [-0.1, -0.05) is 0 Å². The second kappa shape index (κ2) is 5.35. The lowest BCUT2D eigenvalue weighted by Gasteiger charge is -2.08. The molecule has 0 aliphatic carbocycles. The molecule has 2 rings (SSSR count). The highest BCUT2D eigenvalue weighted by atomic mass is 127. The second-order valence-corrected chi connectivity index (χ2v) is 4.88. The molecule has 0 saturated heterocycles. The maximum Gasteiger partial charge on any atom is 0.123 e. The Bertz CT molecular complexity index is 513. The molecule has 2 aromatic rings. The van der Waals surface area contributed by atoms with E-state index in [0.717, 1.165) is 9.26 Å². The van der Waals surface area contributed by atoms with Gasteiger partial charge in [0.2, 0.25) is 0 Å². The first-order valence-corrected chi connectivity index (χ1v) is 6.20. The van der Waals surface area contributed by atoms with E-state index in [4.69, 9.17) is 0 Å². The summed E-state index contributed by atoms with van der Waals surface area (Å²) in [5.74, 6) is -0.244. The maximum atomic E-state index is 13.0. The molecule has 2 N–H and O–H groups in total. The molecule has 0 aromatic heterocycles. The number of hydrogen-bond acceptors (Lipinski definition) is 2. The number of halogens is 2. The molecule has 0 heterocycles. The molecule has 0 aliphatic rings. The third-order valence-corrected chi connectivity index (χ3v) is 3.09. The molecule has 0 unspecified atom stereocenters. The first-order chi connectivity index (χ1) is 8.15. The fraction of sp³-hybridized carbons (Fsp3) is 0.0769. The van der Waals surface area contributed by atoms with Crippen LogP contribution in [0.3, 0.4) is 0 Å². The predicted molar refractivity (Wildman–Crippen MR) is 74.6 cm³/mol. The lowest BCUT2D eigenvalue weighted by atomic mass is 10.2. The van der Waals surface area contributed by atoms with Gasteiger partial charge < -0.3 is 10.4 Å². The fourth-order valence-corrected chi connectivity index (χ4v) is 1.82. The van der Waals surface area contributed by atoms with E-state index in [1.165, 1.54) is 18.2 Å². The van der Waals surface area contributed by atoms with Crippen LogP contribution in [0.25, 0.3) is 0 Å². The smallest absolute Gasteiger partial charge is 0.123 e. The zero-order valence-corrected chi connectivity index (χ0v) is 11.1. The van der Waals surface area contributed by atoms with E-state index >= 15 is 0 Å². The minimum Gasteiger partial charge on any atom is -0.508 e. The predicted octanol–water partition coefficient (Wildman–Crippen LogP) is 3.75. The summed E-state index contributed by atoms with van der Waals surface area (Å²) in [5, 5.41) is 12.7. The Morgan fingerprint density at radius 1 is 1.12 bits per heavy atom. The topological polar surface area (TPSA) is 32.3 Å². The zero-order valence-electron chi connectivity index (χ0n) is 8.95. The van der Waals surface area contributed by atoms with Gasteiger partial charge in [-0.15, -0.1) is 0 Å². The van der Waals surface area contributed by atoms with Crippen LogP contribution >= 0.6 is 22.6 Å². The van der Waals surface area contributed by atoms with Gasteiger partial charge in [-0.25, -0.2) is 4.39 Å². The minimum atomic E-state index is -0.345. The van der Waals surface area contributed by atoms with Crippen molar-refractivity contribution in [2.24, 2.45) is 0 Å². The van der Waals surface area contributed by atoms with E-state index in [9.17, 15) is 9.50 Å². The molecule has 0 spiro atoms. The molecule has 0 fully saturated rings. The summed E-state index contributed by atoms with van der Waals surface area (Å²) in [5.41, 5.74) is 1.48. The SMILES string of the molecule is Oc1ccc(F)cc1CNc1ccc(I)cc1. The van der Waals surface area contributed by atoms with E-state index in [1.54, 1.807) is 0 Å². The molecule has 0 aliphatic heterocycles. The zero-order chi connectivity index (χ0) is 12.3. The highest BCUT2D eigenvalue weighted by Gasteiger charge is 2.02. The van der Waals surface area contributed by atoms with E-state index < -0.39 is 0 Å². The van der Waals surface area contributed by atoms with Crippen LogP contribution in [0.15, 0.2) is 42.5 Å². The van der Waals surface area contributed by atoms with Crippen molar-refractivity contribution in [3.63, 3.8) is 0 Å².